The molecule has 0 saturated carbocycles. The van der Waals surface area contributed by atoms with Crippen LogP contribution in [-0.4, -0.2) is 24.2 Å². The second-order valence-corrected chi connectivity index (χ2v) is 2.01. The Hall–Kier alpha value is -0.570. The van der Waals surface area contributed by atoms with Gasteiger partial charge in [-0.1, -0.05) is 6.92 Å². The lowest BCUT2D eigenvalue weighted by Gasteiger charge is -1.94. The zero-order valence-corrected chi connectivity index (χ0v) is 5.76. The molecule has 0 aromatic carbocycles. The Bertz CT molecular complexity index is 83.1. The Kier molecular flexibility index (Phi) is 5.21. The summed E-state index contributed by atoms with van der Waals surface area (Å²) in [6.07, 6.45) is 1.39. The van der Waals surface area contributed by atoms with Gasteiger partial charge in [-0.2, -0.15) is 0 Å². The van der Waals surface area contributed by atoms with Gasteiger partial charge in [0.25, 0.3) is 0 Å². The van der Waals surface area contributed by atoms with Crippen molar-refractivity contribution in [1.82, 2.24) is 0 Å². The highest BCUT2D eigenvalue weighted by atomic mass is 16.4. The lowest BCUT2D eigenvalue weighted by Crippen LogP contribution is -2.84. The topological polar surface area (TPSA) is 53.9 Å². The van der Waals surface area contributed by atoms with Crippen LogP contribution in [0.25, 0.3) is 0 Å². The van der Waals surface area contributed by atoms with Crippen LogP contribution >= 0.6 is 0 Å². The first-order chi connectivity index (χ1) is 4.27. The van der Waals surface area contributed by atoms with Crippen molar-refractivity contribution >= 4 is 5.97 Å². The van der Waals surface area contributed by atoms with E-state index < -0.39 is 5.97 Å². The maximum Gasteiger partial charge on any atom is 0.309 e. The lowest BCUT2D eigenvalue weighted by molar-refractivity contribution is -0.653. The summed E-state index contributed by atoms with van der Waals surface area (Å²) in [6.45, 7) is 3.83. The SMILES string of the molecule is CCC[NH2+]CCC(=O)O. The summed E-state index contributed by atoms with van der Waals surface area (Å²) < 4.78 is 0. The van der Waals surface area contributed by atoms with Gasteiger partial charge in [0.2, 0.25) is 0 Å². The number of rotatable bonds is 5. The number of hydrogen-bond donors (Lipinski definition) is 2. The van der Waals surface area contributed by atoms with Gasteiger partial charge in [0.15, 0.2) is 0 Å². The summed E-state index contributed by atoms with van der Waals surface area (Å²) in [5, 5.41) is 10.2. The molecule has 54 valence electrons. The molecule has 0 saturated heterocycles. The highest BCUT2D eigenvalue weighted by Crippen LogP contribution is 1.69. The molecule has 0 aromatic heterocycles. The highest BCUT2D eigenvalue weighted by Gasteiger charge is 1.95. The van der Waals surface area contributed by atoms with Gasteiger partial charge >= 0.3 is 5.97 Å². The Labute approximate surface area is 55.1 Å². The molecule has 0 aliphatic heterocycles. The molecule has 0 radical (unpaired) electrons. The summed E-state index contributed by atoms with van der Waals surface area (Å²) in [4.78, 5) is 9.94. The molecule has 0 heterocycles. The van der Waals surface area contributed by atoms with E-state index in [2.05, 4.69) is 6.92 Å². The average Bonchev–Trinajstić information content (AvgIpc) is 1.80. The second-order valence-electron chi connectivity index (χ2n) is 2.01. The molecule has 3 N–H and O–H groups in total. The van der Waals surface area contributed by atoms with Crippen LogP contribution in [0.3, 0.4) is 0 Å². The zero-order chi connectivity index (χ0) is 7.11. The first-order valence-electron chi connectivity index (χ1n) is 3.30. The molecule has 0 fully saturated rings. The Morgan fingerprint density at radius 1 is 1.56 bits per heavy atom. The minimum absolute atomic E-state index is 0.278. The van der Waals surface area contributed by atoms with E-state index in [0.717, 1.165) is 13.0 Å². The molecule has 0 spiro atoms. The molecule has 0 amide bonds. The molecule has 0 rings (SSSR count). The first-order valence-corrected chi connectivity index (χ1v) is 3.30. The Balaban J connectivity index is 2.83. The molecule has 0 atom stereocenters. The minimum atomic E-state index is -0.706. The molecule has 0 bridgehead atoms. The molecule has 0 aliphatic carbocycles. The number of carboxylic acid groups (broad SMARTS) is 1. The van der Waals surface area contributed by atoms with Crippen molar-refractivity contribution in [2.45, 2.75) is 19.8 Å². The van der Waals surface area contributed by atoms with Crippen molar-refractivity contribution < 1.29 is 15.2 Å². The van der Waals surface area contributed by atoms with Crippen LogP contribution in [-0.2, 0) is 4.79 Å². The molecule has 9 heavy (non-hydrogen) atoms. The first kappa shape index (κ1) is 8.43. The fraction of sp³-hybridized carbons (Fsp3) is 0.833. The normalized spacial score (nSPS) is 9.44. The highest BCUT2D eigenvalue weighted by molar-refractivity contribution is 5.66. The number of nitrogens with two attached hydrogens (primary N) is 1. The van der Waals surface area contributed by atoms with Crippen LogP contribution in [0.1, 0.15) is 19.8 Å². The largest absolute Gasteiger partial charge is 0.481 e. The minimum Gasteiger partial charge on any atom is -0.481 e. The van der Waals surface area contributed by atoms with Crippen molar-refractivity contribution in [3.8, 4) is 0 Å². The summed E-state index contributed by atoms with van der Waals surface area (Å²) in [5.74, 6) is -0.706. The van der Waals surface area contributed by atoms with E-state index in [1.807, 2.05) is 5.32 Å². The lowest BCUT2D eigenvalue weighted by atomic mass is 10.4. The fourth-order valence-electron chi connectivity index (χ4n) is 0.574. The predicted octanol–water partition coefficient (Wildman–Crippen LogP) is -0.565. The van der Waals surface area contributed by atoms with Crippen molar-refractivity contribution in [2.75, 3.05) is 13.1 Å². The van der Waals surface area contributed by atoms with Gasteiger partial charge in [-0.05, 0) is 6.42 Å². The summed E-state index contributed by atoms with van der Waals surface area (Å²) in [6, 6.07) is 0. The maximum atomic E-state index is 9.94. The third kappa shape index (κ3) is 7.43. The van der Waals surface area contributed by atoms with Crippen LogP contribution in [0, 0.1) is 0 Å². The standard InChI is InChI=1S/C6H13NO2/c1-2-4-7-5-3-6(8)9/h7H,2-5H2,1H3,(H,8,9)/p+1. The number of aliphatic carboxylic acids is 1. The monoisotopic (exact) mass is 132 g/mol. The number of carbonyl (C=O) groups is 1. The number of quaternary nitrogens is 1. The van der Waals surface area contributed by atoms with E-state index in [1.165, 1.54) is 0 Å². The molecular formula is C6H14NO2+. The summed E-state index contributed by atoms with van der Waals surface area (Å²) in [7, 11) is 0. The molecule has 3 heteroatoms. The van der Waals surface area contributed by atoms with Crippen LogP contribution in [0.15, 0.2) is 0 Å². The van der Waals surface area contributed by atoms with Crippen molar-refractivity contribution in [1.29, 1.82) is 0 Å². The van der Waals surface area contributed by atoms with E-state index in [-0.39, 0.29) is 6.42 Å². The van der Waals surface area contributed by atoms with Crippen molar-refractivity contribution in [3.05, 3.63) is 0 Å². The smallest absolute Gasteiger partial charge is 0.309 e. The van der Waals surface area contributed by atoms with Crippen molar-refractivity contribution in [3.63, 3.8) is 0 Å². The van der Waals surface area contributed by atoms with Gasteiger partial charge in [-0.25, -0.2) is 0 Å². The number of hydrogen-bond acceptors (Lipinski definition) is 1. The average molecular weight is 132 g/mol. The second kappa shape index (κ2) is 5.56. The van der Waals surface area contributed by atoms with Gasteiger partial charge in [0.1, 0.15) is 0 Å². The summed E-state index contributed by atoms with van der Waals surface area (Å²) >= 11 is 0. The number of carboxylic acids is 1. The van der Waals surface area contributed by atoms with E-state index in [0.29, 0.717) is 6.54 Å². The van der Waals surface area contributed by atoms with Crippen LogP contribution in [0.2, 0.25) is 0 Å². The van der Waals surface area contributed by atoms with Gasteiger partial charge in [-0.3, -0.25) is 4.79 Å². The van der Waals surface area contributed by atoms with Crippen molar-refractivity contribution in [2.24, 2.45) is 0 Å². The third-order valence-electron chi connectivity index (χ3n) is 1.06. The Morgan fingerprint density at radius 2 is 2.22 bits per heavy atom. The third-order valence-corrected chi connectivity index (χ3v) is 1.06. The van der Waals surface area contributed by atoms with Gasteiger partial charge < -0.3 is 10.4 Å². The Morgan fingerprint density at radius 3 is 2.67 bits per heavy atom. The quantitative estimate of drug-likeness (QED) is 0.492. The molecule has 0 unspecified atom stereocenters. The van der Waals surface area contributed by atoms with E-state index in [1.54, 1.807) is 0 Å². The zero-order valence-electron chi connectivity index (χ0n) is 5.76. The maximum absolute atomic E-state index is 9.94. The van der Waals surface area contributed by atoms with Gasteiger partial charge in [0, 0.05) is 0 Å². The van der Waals surface area contributed by atoms with E-state index in [4.69, 9.17) is 5.11 Å². The van der Waals surface area contributed by atoms with Gasteiger partial charge in [0.05, 0.1) is 19.5 Å². The molecule has 0 aromatic rings. The molecule has 3 nitrogen and oxygen atoms in total. The van der Waals surface area contributed by atoms with Gasteiger partial charge in [-0.15, -0.1) is 0 Å². The van der Waals surface area contributed by atoms with Crippen LogP contribution in [0.4, 0.5) is 0 Å². The van der Waals surface area contributed by atoms with E-state index in [9.17, 15) is 4.79 Å². The summed E-state index contributed by atoms with van der Waals surface area (Å²) in [5.41, 5.74) is 0. The fourth-order valence-corrected chi connectivity index (χ4v) is 0.574. The van der Waals surface area contributed by atoms with E-state index >= 15 is 0 Å². The molecule has 0 aliphatic rings. The van der Waals surface area contributed by atoms with Crippen LogP contribution < -0.4 is 5.32 Å². The predicted molar refractivity (Wildman–Crippen MR) is 34.2 cm³/mol. The van der Waals surface area contributed by atoms with Crippen LogP contribution in [0.5, 0.6) is 0 Å². The molecular weight excluding hydrogens is 118 g/mol.